The van der Waals surface area contributed by atoms with Gasteiger partial charge in [-0.3, -0.25) is 4.99 Å². The van der Waals surface area contributed by atoms with Gasteiger partial charge in [-0.2, -0.15) is 5.10 Å². The third-order valence-electron chi connectivity index (χ3n) is 5.77. The van der Waals surface area contributed by atoms with E-state index in [4.69, 9.17) is 9.47 Å². The SMILES string of the molecule is CN=C(NCc1ccnc(-n2cccn2)c1)NC1CCN(c2cc(OC)cc(OC)c2)CC1.I. The van der Waals surface area contributed by atoms with Gasteiger partial charge in [0, 0.05) is 75.2 Å². The number of benzene rings is 1. The number of hydrogen-bond acceptors (Lipinski definition) is 6. The molecule has 1 aliphatic rings. The summed E-state index contributed by atoms with van der Waals surface area (Å²) in [7, 11) is 5.16. The van der Waals surface area contributed by atoms with Crippen LogP contribution in [0.4, 0.5) is 5.69 Å². The van der Waals surface area contributed by atoms with Gasteiger partial charge in [-0.05, 0) is 36.6 Å². The molecule has 2 N–H and O–H groups in total. The number of nitrogens with one attached hydrogen (secondary N) is 2. The van der Waals surface area contributed by atoms with Gasteiger partial charge in [-0.1, -0.05) is 0 Å². The number of pyridine rings is 1. The lowest BCUT2D eigenvalue weighted by Gasteiger charge is -2.34. The molecule has 1 aliphatic heterocycles. The molecule has 0 bridgehead atoms. The predicted octanol–water partition coefficient (Wildman–Crippen LogP) is 3.24. The molecule has 9 nitrogen and oxygen atoms in total. The highest BCUT2D eigenvalue weighted by atomic mass is 127. The molecule has 2 aromatic heterocycles. The van der Waals surface area contributed by atoms with Crippen molar-refractivity contribution in [3.8, 4) is 17.3 Å². The van der Waals surface area contributed by atoms with Crippen LogP contribution in [0.1, 0.15) is 18.4 Å². The lowest BCUT2D eigenvalue weighted by molar-refractivity contribution is 0.393. The van der Waals surface area contributed by atoms with Crippen molar-refractivity contribution in [3.05, 3.63) is 60.6 Å². The normalized spacial score (nSPS) is 14.3. The molecule has 1 saturated heterocycles. The second-order valence-corrected chi connectivity index (χ2v) is 7.88. The summed E-state index contributed by atoms with van der Waals surface area (Å²) in [5, 5.41) is 11.2. The molecule has 4 rings (SSSR count). The van der Waals surface area contributed by atoms with Crippen molar-refractivity contribution in [2.45, 2.75) is 25.4 Å². The maximum atomic E-state index is 5.42. The molecule has 3 aromatic rings. The summed E-state index contributed by atoms with van der Waals surface area (Å²) in [6, 6.07) is 12.3. The Morgan fingerprint density at radius 1 is 1.09 bits per heavy atom. The average Bonchev–Trinajstić information content (AvgIpc) is 3.42. The van der Waals surface area contributed by atoms with E-state index < -0.39 is 0 Å². The summed E-state index contributed by atoms with van der Waals surface area (Å²) < 4.78 is 12.6. The molecule has 0 amide bonds. The van der Waals surface area contributed by atoms with E-state index in [0.29, 0.717) is 12.6 Å². The Morgan fingerprint density at radius 2 is 1.82 bits per heavy atom. The fourth-order valence-corrected chi connectivity index (χ4v) is 3.93. The standard InChI is InChI=1S/C24H31N7O2.HI/c1-25-24(27-17-18-5-9-26-23(13-18)31-10-4-8-28-31)29-19-6-11-30(12-7-19)20-14-21(32-2)16-22(15-20)33-3;/h4-5,8-10,13-16,19H,6-7,11-12,17H2,1-3H3,(H2,25,27,29);1H. The van der Waals surface area contributed by atoms with Crippen molar-refractivity contribution >= 4 is 35.6 Å². The number of hydrogen-bond donors (Lipinski definition) is 2. The van der Waals surface area contributed by atoms with Gasteiger partial charge in [-0.25, -0.2) is 9.67 Å². The topological polar surface area (TPSA) is 88.8 Å². The fraction of sp³-hybridized carbons (Fsp3) is 0.375. The highest BCUT2D eigenvalue weighted by molar-refractivity contribution is 14.0. The van der Waals surface area contributed by atoms with E-state index in [9.17, 15) is 0 Å². The summed E-state index contributed by atoms with van der Waals surface area (Å²) >= 11 is 0. The molecule has 0 spiro atoms. The Kier molecular flexibility index (Phi) is 9.37. The number of ether oxygens (including phenoxy) is 2. The molecule has 34 heavy (non-hydrogen) atoms. The van der Waals surface area contributed by atoms with Crippen LogP contribution in [0.3, 0.4) is 0 Å². The van der Waals surface area contributed by atoms with Crippen LogP contribution in [-0.4, -0.2) is 61.1 Å². The van der Waals surface area contributed by atoms with Crippen LogP contribution in [-0.2, 0) is 6.54 Å². The van der Waals surface area contributed by atoms with Crippen LogP contribution >= 0.6 is 24.0 Å². The predicted molar refractivity (Wildman–Crippen MR) is 145 cm³/mol. The Bertz CT molecular complexity index is 1040. The molecule has 3 heterocycles. The molecule has 0 atom stereocenters. The number of aliphatic imine (C=N–C) groups is 1. The first-order chi connectivity index (χ1) is 16.2. The number of methoxy groups -OCH3 is 2. The summed E-state index contributed by atoms with van der Waals surface area (Å²) in [5.41, 5.74) is 2.23. The van der Waals surface area contributed by atoms with Gasteiger partial charge in [0.25, 0.3) is 0 Å². The zero-order chi connectivity index (χ0) is 23.0. The lowest BCUT2D eigenvalue weighted by atomic mass is 10.0. The van der Waals surface area contributed by atoms with Crippen LogP contribution in [0.15, 0.2) is 60.0 Å². The first-order valence-corrected chi connectivity index (χ1v) is 11.1. The van der Waals surface area contributed by atoms with Crippen molar-refractivity contribution in [1.29, 1.82) is 0 Å². The molecular formula is C24H32IN7O2. The monoisotopic (exact) mass is 577 g/mol. The third-order valence-corrected chi connectivity index (χ3v) is 5.77. The first kappa shape index (κ1) is 25.6. The van der Waals surface area contributed by atoms with Gasteiger partial charge in [-0.15, -0.1) is 24.0 Å². The third kappa shape index (κ3) is 6.52. The largest absolute Gasteiger partial charge is 0.497 e. The lowest BCUT2D eigenvalue weighted by Crippen LogP contribution is -2.48. The molecule has 0 aliphatic carbocycles. The van der Waals surface area contributed by atoms with Gasteiger partial charge in [0.2, 0.25) is 0 Å². The van der Waals surface area contributed by atoms with E-state index in [-0.39, 0.29) is 24.0 Å². The van der Waals surface area contributed by atoms with Crippen LogP contribution in [0.25, 0.3) is 5.82 Å². The number of anilines is 1. The second kappa shape index (κ2) is 12.4. The molecule has 1 aromatic carbocycles. The minimum absolute atomic E-state index is 0. The van der Waals surface area contributed by atoms with Crippen molar-refractivity contribution in [1.82, 2.24) is 25.4 Å². The van der Waals surface area contributed by atoms with Gasteiger partial charge in [0.1, 0.15) is 11.5 Å². The molecule has 0 unspecified atom stereocenters. The Balaban J connectivity index is 0.00000324. The van der Waals surface area contributed by atoms with Crippen molar-refractivity contribution in [2.75, 3.05) is 39.3 Å². The van der Waals surface area contributed by atoms with E-state index in [1.54, 1.807) is 38.3 Å². The number of rotatable bonds is 7. The molecule has 1 fully saturated rings. The minimum Gasteiger partial charge on any atom is -0.497 e. The van der Waals surface area contributed by atoms with Crippen LogP contribution in [0.2, 0.25) is 0 Å². The second-order valence-electron chi connectivity index (χ2n) is 7.88. The van der Waals surface area contributed by atoms with Crippen LogP contribution < -0.4 is 25.0 Å². The van der Waals surface area contributed by atoms with Crippen molar-refractivity contribution < 1.29 is 9.47 Å². The molecule has 10 heteroatoms. The van der Waals surface area contributed by atoms with Gasteiger partial charge in [0.15, 0.2) is 11.8 Å². The number of piperidine rings is 1. The highest BCUT2D eigenvalue weighted by Crippen LogP contribution is 2.30. The molecule has 0 saturated carbocycles. The van der Waals surface area contributed by atoms with Crippen molar-refractivity contribution in [2.24, 2.45) is 4.99 Å². The zero-order valence-corrected chi connectivity index (χ0v) is 22.1. The maximum absolute atomic E-state index is 5.42. The summed E-state index contributed by atoms with van der Waals surface area (Å²) in [5.74, 6) is 3.21. The van der Waals surface area contributed by atoms with E-state index >= 15 is 0 Å². The summed E-state index contributed by atoms with van der Waals surface area (Å²) in [4.78, 5) is 11.2. The zero-order valence-electron chi connectivity index (χ0n) is 19.8. The van der Waals surface area contributed by atoms with Gasteiger partial charge < -0.3 is 25.0 Å². The number of guanidine groups is 1. The molecule has 182 valence electrons. The first-order valence-electron chi connectivity index (χ1n) is 11.1. The van der Waals surface area contributed by atoms with E-state index in [1.807, 2.05) is 30.5 Å². The minimum atomic E-state index is 0. The van der Waals surface area contributed by atoms with E-state index in [2.05, 4.69) is 42.7 Å². The number of nitrogens with zero attached hydrogens (tertiary/aromatic N) is 5. The molecular weight excluding hydrogens is 545 g/mol. The maximum Gasteiger partial charge on any atom is 0.191 e. The molecule has 0 radical (unpaired) electrons. The quantitative estimate of drug-likeness (QED) is 0.253. The average molecular weight is 577 g/mol. The van der Waals surface area contributed by atoms with Crippen LogP contribution in [0, 0.1) is 0 Å². The van der Waals surface area contributed by atoms with E-state index in [1.165, 1.54) is 0 Å². The van der Waals surface area contributed by atoms with Crippen molar-refractivity contribution in [3.63, 3.8) is 0 Å². The number of aromatic nitrogens is 3. The van der Waals surface area contributed by atoms with Gasteiger partial charge in [0.05, 0.1) is 14.2 Å². The van der Waals surface area contributed by atoms with Crippen LogP contribution in [0.5, 0.6) is 11.5 Å². The fourth-order valence-electron chi connectivity index (χ4n) is 3.93. The Morgan fingerprint density at radius 3 is 2.44 bits per heavy atom. The Hall–Kier alpha value is -3.02. The smallest absolute Gasteiger partial charge is 0.191 e. The highest BCUT2D eigenvalue weighted by Gasteiger charge is 2.21. The Labute approximate surface area is 217 Å². The van der Waals surface area contributed by atoms with Gasteiger partial charge >= 0.3 is 0 Å². The number of halogens is 1. The summed E-state index contributed by atoms with van der Waals surface area (Å²) in [6.45, 7) is 2.55. The van der Waals surface area contributed by atoms with E-state index in [0.717, 1.165) is 60.5 Å². The summed E-state index contributed by atoms with van der Waals surface area (Å²) in [6.07, 6.45) is 7.45.